The normalized spacial score (nSPS) is 11.0. The number of hydrogen-bond donors (Lipinski definition) is 2. The topological polar surface area (TPSA) is 79.6 Å². The Hall–Kier alpha value is -2.47. The molecule has 0 amide bonds. The van der Waals surface area contributed by atoms with Crippen LogP contribution in [0.25, 0.3) is 11.4 Å². The molecule has 0 aliphatic carbocycles. The van der Waals surface area contributed by atoms with Gasteiger partial charge in [-0.15, -0.1) is 10.2 Å². The lowest BCUT2D eigenvalue weighted by atomic mass is 10.0. The van der Waals surface area contributed by atoms with E-state index in [0.29, 0.717) is 5.82 Å². The molecule has 0 aliphatic rings. The van der Waals surface area contributed by atoms with Crippen LogP contribution in [0, 0.1) is 0 Å². The molecule has 0 atom stereocenters. The third-order valence-corrected chi connectivity index (χ3v) is 3.58. The number of H-pyrrole nitrogens is 1. The predicted octanol–water partition coefficient (Wildman–Crippen LogP) is 1.77. The molecule has 6 heteroatoms. The number of aromatic nitrogens is 5. The quantitative estimate of drug-likeness (QED) is 0.748. The number of aliphatic hydroxyl groups excluding tert-OH is 1. The molecule has 0 unspecified atom stereocenters. The second-order valence-corrected chi connectivity index (χ2v) is 4.85. The van der Waals surface area contributed by atoms with Gasteiger partial charge in [-0.05, 0) is 29.3 Å². The van der Waals surface area contributed by atoms with Crippen LogP contribution < -0.4 is 0 Å². The summed E-state index contributed by atoms with van der Waals surface area (Å²) in [4.78, 5) is 0. The Kier molecular flexibility index (Phi) is 3.79. The van der Waals surface area contributed by atoms with Crippen molar-refractivity contribution in [3.63, 3.8) is 0 Å². The zero-order valence-electron chi connectivity index (χ0n) is 11.8. The first-order valence-corrected chi connectivity index (χ1v) is 6.92. The van der Waals surface area contributed by atoms with Crippen molar-refractivity contribution in [2.24, 2.45) is 0 Å². The number of aliphatic hydroxyl groups is 1. The van der Waals surface area contributed by atoms with Crippen molar-refractivity contribution in [3.8, 4) is 11.4 Å². The molecular weight excluding hydrogens is 266 g/mol. The molecule has 0 saturated carbocycles. The third-order valence-electron chi connectivity index (χ3n) is 3.58. The highest BCUT2D eigenvalue weighted by Gasteiger charge is 2.14. The van der Waals surface area contributed by atoms with Crippen molar-refractivity contribution >= 4 is 0 Å². The zero-order chi connectivity index (χ0) is 14.7. The minimum atomic E-state index is 0.0692. The molecule has 0 saturated heterocycles. The van der Waals surface area contributed by atoms with E-state index < -0.39 is 0 Å². The van der Waals surface area contributed by atoms with Crippen LogP contribution in [0.4, 0.5) is 0 Å². The van der Waals surface area contributed by atoms with E-state index in [1.54, 1.807) is 0 Å². The van der Waals surface area contributed by atoms with E-state index in [2.05, 4.69) is 32.1 Å². The van der Waals surface area contributed by atoms with Crippen molar-refractivity contribution in [2.45, 2.75) is 26.5 Å². The Morgan fingerprint density at radius 1 is 1.14 bits per heavy atom. The number of aromatic amines is 1. The Labute approximate surface area is 122 Å². The molecular formula is C15H17N5O. The standard InChI is InChI=1S/C15H17N5O/c1-2-20-8-7-13(15-16-18-19-17-15)14(20)9-11-3-5-12(10-21)6-4-11/h3-8,21H,2,9-10H2,1H3,(H,16,17,18,19). The van der Waals surface area contributed by atoms with Gasteiger partial charge >= 0.3 is 0 Å². The number of benzene rings is 1. The fraction of sp³-hybridized carbons (Fsp3) is 0.267. The van der Waals surface area contributed by atoms with Crippen LogP contribution >= 0.6 is 0 Å². The first-order chi connectivity index (χ1) is 10.3. The van der Waals surface area contributed by atoms with E-state index in [0.717, 1.165) is 29.8 Å². The van der Waals surface area contributed by atoms with Crippen molar-refractivity contribution in [1.29, 1.82) is 0 Å². The summed E-state index contributed by atoms with van der Waals surface area (Å²) < 4.78 is 2.19. The summed E-state index contributed by atoms with van der Waals surface area (Å²) in [6.45, 7) is 3.07. The van der Waals surface area contributed by atoms with Gasteiger partial charge in [0.05, 0.1) is 6.61 Å². The van der Waals surface area contributed by atoms with Gasteiger partial charge in [-0.2, -0.15) is 5.21 Å². The Morgan fingerprint density at radius 3 is 2.52 bits per heavy atom. The lowest BCUT2D eigenvalue weighted by Gasteiger charge is -2.09. The fourth-order valence-electron chi connectivity index (χ4n) is 2.43. The van der Waals surface area contributed by atoms with E-state index in [9.17, 15) is 0 Å². The summed E-state index contributed by atoms with van der Waals surface area (Å²) in [5.74, 6) is 0.615. The molecule has 2 heterocycles. The molecule has 3 aromatic rings. The van der Waals surface area contributed by atoms with Crippen LogP contribution in [-0.4, -0.2) is 30.3 Å². The lowest BCUT2D eigenvalue weighted by molar-refractivity contribution is 0.282. The van der Waals surface area contributed by atoms with Gasteiger partial charge in [-0.25, -0.2) is 0 Å². The van der Waals surface area contributed by atoms with E-state index in [1.165, 1.54) is 5.56 Å². The van der Waals surface area contributed by atoms with Gasteiger partial charge in [0.15, 0.2) is 0 Å². The highest BCUT2D eigenvalue weighted by Crippen LogP contribution is 2.24. The number of rotatable bonds is 5. The maximum absolute atomic E-state index is 9.11. The average Bonchev–Trinajstić information content (AvgIpc) is 3.17. The van der Waals surface area contributed by atoms with Crippen molar-refractivity contribution in [3.05, 3.63) is 53.3 Å². The zero-order valence-corrected chi connectivity index (χ0v) is 11.8. The van der Waals surface area contributed by atoms with Crippen LogP contribution in [0.15, 0.2) is 36.5 Å². The summed E-state index contributed by atoms with van der Waals surface area (Å²) >= 11 is 0. The van der Waals surface area contributed by atoms with Crippen molar-refractivity contribution < 1.29 is 5.11 Å². The summed E-state index contributed by atoms with van der Waals surface area (Å²) in [6, 6.07) is 9.99. The molecule has 0 aliphatic heterocycles. The molecule has 0 spiro atoms. The molecule has 2 N–H and O–H groups in total. The van der Waals surface area contributed by atoms with Crippen molar-refractivity contribution in [1.82, 2.24) is 25.2 Å². The van der Waals surface area contributed by atoms with E-state index in [-0.39, 0.29) is 6.61 Å². The van der Waals surface area contributed by atoms with Gasteiger partial charge in [0, 0.05) is 30.4 Å². The number of nitrogens with one attached hydrogen (secondary N) is 1. The predicted molar refractivity (Wildman–Crippen MR) is 78.4 cm³/mol. The molecule has 1 aromatic carbocycles. The molecule has 0 fully saturated rings. The smallest absolute Gasteiger partial charge is 0.206 e. The Balaban J connectivity index is 1.94. The largest absolute Gasteiger partial charge is 0.392 e. The van der Waals surface area contributed by atoms with E-state index >= 15 is 0 Å². The van der Waals surface area contributed by atoms with Crippen LogP contribution in [0.1, 0.15) is 23.7 Å². The summed E-state index contributed by atoms with van der Waals surface area (Å²) in [5.41, 5.74) is 4.26. The van der Waals surface area contributed by atoms with Gasteiger partial charge in [-0.3, -0.25) is 0 Å². The number of hydrogen-bond acceptors (Lipinski definition) is 4. The Bertz CT molecular complexity index is 700. The van der Waals surface area contributed by atoms with Crippen LogP contribution in [0.5, 0.6) is 0 Å². The van der Waals surface area contributed by atoms with Gasteiger partial charge in [0.2, 0.25) is 5.82 Å². The van der Waals surface area contributed by atoms with Crippen LogP contribution in [-0.2, 0) is 19.6 Å². The minimum Gasteiger partial charge on any atom is -0.392 e. The lowest BCUT2D eigenvalue weighted by Crippen LogP contribution is -2.02. The maximum Gasteiger partial charge on any atom is 0.206 e. The minimum absolute atomic E-state index is 0.0692. The molecule has 0 radical (unpaired) electrons. The molecule has 6 nitrogen and oxygen atoms in total. The summed E-state index contributed by atoms with van der Waals surface area (Å²) in [5, 5.41) is 23.4. The second kappa shape index (κ2) is 5.88. The number of nitrogens with zero attached hydrogens (tertiary/aromatic N) is 4. The number of aryl methyl sites for hydroxylation is 1. The van der Waals surface area contributed by atoms with E-state index in [4.69, 9.17) is 5.11 Å². The first-order valence-electron chi connectivity index (χ1n) is 6.92. The van der Waals surface area contributed by atoms with Gasteiger partial charge in [0.1, 0.15) is 0 Å². The molecule has 108 valence electrons. The third kappa shape index (κ3) is 2.71. The monoisotopic (exact) mass is 283 g/mol. The Morgan fingerprint density at radius 2 is 1.90 bits per heavy atom. The summed E-state index contributed by atoms with van der Waals surface area (Å²) in [7, 11) is 0. The van der Waals surface area contributed by atoms with Gasteiger partial charge < -0.3 is 9.67 Å². The molecule has 2 aromatic heterocycles. The number of tetrazole rings is 1. The summed E-state index contributed by atoms with van der Waals surface area (Å²) in [6.07, 6.45) is 2.83. The van der Waals surface area contributed by atoms with Crippen molar-refractivity contribution in [2.75, 3.05) is 0 Å². The highest BCUT2D eigenvalue weighted by atomic mass is 16.3. The maximum atomic E-state index is 9.11. The van der Waals surface area contributed by atoms with Gasteiger partial charge in [-0.1, -0.05) is 24.3 Å². The molecule has 3 rings (SSSR count). The molecule has 21 heavy (non-hydrogen) atoms. The van der Waals surface area contributed by atoms with E-state index in [1.807, 2.05) is 36.5 Å². The first kappa shape index (κ1) is 13.5. The van der Waals surface area contributed by atoms with Crippen LogP contribution in [0.3, 0.4) is 0 Å². The SMILES string of the molecule is CCn1ccc(-c2nn[nH]n2)c1Cc1ccc(CO)cc1. The molecule has 0 bridgehead atoms. The average molecular weight is 283 g/mol. The van der Waals surface area contributed by atoms with Gasteiger partial charge in [0.25, 0.3) is 0 Å². The highest BCUT2D eigenvalue weighted by molar-refractivity contribution is 5.59. The fourth-order valence-corrected chi connectivity index (χ4v) is 2.43. The van der Waals surface area contributed by atoms with Crippen LogP contribution in [0.2, 0.25) is 0 Å². The second-order valence-electron chi connectivity index (χ2n) is 4.85.